The van der Waals surface area contributed by atoms with Crippen molar-refractivity contribution in [2.45, 2.75) is 9.79 Å². The van der Waals surface area contributed by atoms with E-state index in [2.05, 4.69) is 15.0 Å². The maximum absolute atomic E-state index is 12.6. The topological polar surface area (TPSA) is 93.8 Å². The summed E-state index contributed by atoms with van der Waals surface area (Å²) in [6.07, 6.45) is 1.14. The van der Waals surface area contributed by atoms with Gasteiger partial charge in [0, 0.05) is 9.79 Å². The molecule has 2 aromatic carbocycles. The first-order valence-electron chi connectivity index (χ1n) is 6.89. The summed E-state index contributed by atoms with van der Waals surface area (Å²) in [5.41, 5.74) is 6.78. The number of nitrogen functional groups attached to an aromatic ring is 1. The lowest BCUT2D eigenvalue weighted by Crippen LogP contribution is -2.27. The van der Waals surface area contributed by atoms with Crippen molar-refractivity contribution in [3.63, 3.8) is 0 Å². The summed E-state index contributed by atoms with van der Waals surface area (Å²) >= 11 is 1.23. The molecule has 0 aliphatic rings. The van der Waals surface area contributed by atoms with Crippen molar-refractivity contribution >= 4 is 45.2 Å². The van der Waals surface area contributed by atoms with Crippen LogP contribution in [-0.4, -0.2) is 28.8 Å². The molecule has 1 unspecified atom stereocenters. The first kappa shape index (κ1) is 18.0. The van der Waals surface area contributed by atoms with E-state index in [9.17, 15) is 9.00 Å². The number of methoxy groups -OCH3 is 1. The molecule has 0 bridgehead atoms. The number of rotatable bonds is 3. The van der Waals surface area contributed by atoms with E-state index in [1.165, 1.54) is 18.9 Å². The van der Waals surface area contributed by atoms with Gasteiger partial charge in [-0.15, -0.1) is 0 Å². The minimum atomic E-state index is -1.34. The molecule has 0 radical (unpaired) electrons. The minimum absolute atomic E-state index is 0.330. The van der Waals surface area contributed by atoms with Crippen molar-refractivity contribution in [2.75, 3.05) is 19.1 Å². The number of nitrogens with two attached hydrogens (primary N) is 1. The van der Waals surface area contributed by atoms with Crippen molar-refractivity contribution in [2.24, 2.45) is 4.99 Å². The minimum Gasteiger partial charge on any atom is -0.453 e. The molecular weight excluding hydrogens is 346 g/mol. The second-order valence-corrected chi connectivity index (χ2v) is 6.82. The number of carbonyl (C=O) groups excluding carboxylic acids is 1. The number of hydrogen-bond donors (Lipinski definition) is 2. The van der Waals surface area contributed by atoms with Crippen LogP contribution in [0, 0.1) is 0 Å². The molecular formula is C16H17N3O3S2. The molecule has 1 amide bonds. The molecule has 1 atom stereocenters. The van der Waals surface area contributed by atoms with Gasteiger partial charge in [0.1, 0.15) is 0 Å². The van der Waals surface area contributed by atoms with Crippen molar-refractivity contribution in [3.8, 4) is 0 Å². The van der Waals surface area contributed by atoms with Gasteiger partial charge in [-0.2, -0.15) is 0 Å². The van der Waals surface area contributed by atoms with Crippen LogP contribution < -0.4 is 11.1 Å². The summed E-state index contributed by atoms with van der Waals surface area (Å²) in [7, 11) is -0.0690. The van der Waals surface area contributed by atoms with E-state index in [4.69, 9.17) is 5.73 Å². The van der Waals surface area contributed by atoms with E-state index >= 15 is 0 Å². The van der Waals surface area contributed by atoms with E-state index < -0.39 is 16.9 Å². The molecule has 0 aliphatic carbocycles. The molecule has 0 spiro atoms. The van der Waals surface area contributed by atoms with Gasteiger partial charge in [0.25, 0.3) is 0 Å². The molecule has 0 saturated heterocycles. The van der Waals surface area contributed by atoms with E-state index in [-0.39, 0.29) is 0 Å². The van der Waals surface area contributed by atoms with Crippen molar-refractivity contribution in [3.05, 3.63) is 48.5 Å². The van der Waals surface area contributed by atoms with Crippen LogP contribution in [0.25, 0.3) is 0 Å². The SMILES string of the molecule is COC(=O)NC(=Nc1cc(S(=O)c2ccccc2)ccc1N)SC. The lowest BCUT2D eigenvalue weighted by atomic mass is 10.3. The van der Waals surface area contributed by atoms with Gasteiger partial charge < -0.3 is 10.5 Å². The third-order valence-electron chi connectivity index (χ3n) is 2.98. The molecule has 0 saturated carbocycles. The lowest BCUT2D eigenvalue weighted by Gasteiger charge is -2.08. The Kier molecular flexibility index (Phi) is 6.39. The number of benzene rings is 2. The average Bonchev–Trinajstić information content (AvgIpc) is 2.62. The van der Waals surface area contributed by atoms with Gasteiger partial charge in [0.2, 0.25) is 0 Å². The van der Waals surface area contributed by atoms with Gasteiger partial charge in [0.15, 0.2) is 5.17 Å². The van der Waals surface area contributed by atoms with Crippen molar-refractivity contribution < 1.29 is 13.7 Å². The summed E-state index contributed by atoms with van der Waals surface area (Å²) in [5.74, 6) is 0. The van der Waals surface area contributed by atoms with Gasteiger partial charge >= 0.3 is 6.09 Å². The van der Waals surface area contributed by atoms with Gasteiger partial charge in [-0.1, -0.05) is 30.0 Å². The highest BCUT2D eigenvalue weighted by Gasteiger charge is 2.11. The molecule has 3 N–H and O–H groups in total. The smallest absolute Gasteiger partial charge is 0.412 e. The standard InChI is InChI=1S/C16H17N3O3S2/c1-22-16(20)19-15(23-2)18-14-10-12(8-9-13(14)17)24(21)11-6-4-3-5-7-11/h3-10H,17H2,1-2H3,(H,18,19,20). The highest BCUT2D eigenvalue weighted by atomic mass is 32.2. The van der Waals surface area contributed by atoms with Crippen LogP contribution in [0.3, 0.4) is 0 Å². The fraction of sp³-hybridized carbons (Fsp3) is 0.125. The lowest BCUT2D eigenvalue weighted by molar-refractivity contribution is 0.177. The highest BCUT2D eigenvalue weighted by molar-refractivity contribution is 8.13. The van der Waals surface area contributed by atoms with E-state index in [1.54, 1.807) is 36.6 Å². The van der Waals surface area contributed by atoms with Crippen LogP contribution >= 0.6 is 11.8 Å². The van der Waals surface area contributed by atoms with Crippen molar-refractivity contribution in [1.82, 2.24) is 5.32 Å². The number of thioether (sulfide) groups is 1. The van der Waals surface area contributed by atoms with E-state index in [1.807, 2.05) is 18.2 Å². The summed E-state index contributed by atoms with van der Waals surface area (Å²) in [6, 6.07) is 14.1. The van der Waals surface area contributed by atoms with E-state index in [0.29, 0.717) is 26.3 Å². The molecule has 0 fully saturated rings. The summed E-state index contributed by atoms with van der Waals surface area (Å²) in [5, 5.41) is 2.82. The number of carbonyl (C=O) groups is 1. The third kappa shape index (κ3) is 4.59. The molecule has 2 rings (SSSR count). The van der Waals surface area contributed by atoms with E-state index in [0.717, 1.165) is 0 Å². The van der Waals surface area contributed by atoms with Crippen LogP contribution in [0.2, 0.25) is 0 Å². The fourth-order valence-corrected chi connectivity index (χ4v) is 3.25. The Labute approximate surface area is 147 Å². The number of amidine groups is 1. The predicted molar refractivity (Wildman–Crippen MR) is 98.1 cm³/mol. The maximum atomic E-state index is 12.6. The molecule has 126 valence electrons. The Morgan fingerprint density at radius 1 is 1.21 bits per heavy atom. The quantitative estimate of drug-likeness (QED) is 0.496. The molecule has 0 heterocycles. The maximum Gasteiger partial charge on any atom is 0.412 e. The summed E-state index contributed by atoms with van der Waals surface area (Å²) in [6.45, 7) is 0. The molecule has 24 heavy (non-hydrogen) atoms. The third-order valence-corrected chi connectivity index (χ3v) is 4.95. The molecule has 2 aromatic rings. The molecule has 0 aromatic heterocycles. The van der Waals surface area contributed by atoms with Crippen LogP contribution in [-0.2, 0) is 15.5 Å². The number of nitrogens with one attached hydrogen (secondary N) is 1. The average molecular weight is 363 g/mol. The summed E-state index contributed by atoms with van der Waals surface area (Å²) in [4.78, 5) is 16.9. The largest absolute Gasteiger partial charge is 0.453 e. The summed E-state index contributed by atoms with van der Waals surface area (Å²) < 4.78 is 17.2. The zero-order chi connectivity index (χ0) is 17.5. The fourth-order valence-electron chi connectivity index (χ4n) is 1.79. The number of alkyl carbamates (subject to hydrolysis) is 1. The molecule has 8 heteroatoms. The first-order valence-corrected chi connectivity index (χ1v) is 9.26. The number of anilines is 1. The Morgan fingerprint density at radius 2 is 1.92 bits per heavy atom. The Bertz CT molecular complexity index is 779. The van der Waals surface area contributed by atoms with Crippen LogP contribution in [0.15, 0.2) is 63.3 Å². The predicted octanol–water partition coefficient (Wildman–Crippen LogP) is 3.14. The number of aliphatic imine (C=N–C) groups is 1. The zero-order valence-corrected chi connectivity index (χ0v) is 14.8. The number of hydrogen-bond acceptors (Lipinski definition) is 6. The van der Waals surface area contributed by atoms with Gasteiger partial charge in [0.05, 0.1) is 29.3 Å². The Hall–Kier alpha value is -2.32. The van der Waals surface area contributed by atoms with Gasteiger partial charge in [-0.05, 0) is 36.6 Å². The monoisotopic (exact) mass is 363 g/mol. The van der Waals surface area contributed by atoms with Gasteiger partial charge in [-0.25, -0.2) is 14.0 Å². The van der Waals surface area contributed by atoms with Crippen LogP contribution in [0.5, 0.6) is 0 Å². The second kappa shape index (κ2) is 8.51. The molecule has 6 nitrogen and oxygen atoms in total. The first-order chi connectivity index (χ1) is 11.5. The Balaban J connectivity index is 2.34. The van der Waals surface area contributed by atoms with Gasteiger partial charge in [-0.3, -0.25) is 5.32 Å². The van der Waals surface area contributed by atoms with Crippen molar-refractivity contribution in [1.29, 1.82) is 0 Å². The van der Waals surface area contributed by atoms with Crippen LogP contribution in [0.4, 0.5) is 16.2 Å². The Morgan fingerprint density at radius 3 is 2.54 bits per heavy atom. The number of ether oxygens (including phenoxy) is 1. The number of nitrogens with zero attached hydrogens (tertiary/aromatic N) is 1. The highest BCUT2D eigenvalue weighted by Crippen LogP contribution is 2.27. The zero-order valence-electron chi connectivity index (χ0n) is 13.2. The normalized spacial score (nSPS) is 12.5. The molecule has 0 aliphatic heterocycles. The van der Waals surface area contributed by atoms with Crippen LogP contribution in [0.1, 0.15) is 0 Å². The number of amides is 1. The second-order valence-electron chi connectivity index (χ2n) is 4.54.